The molecule has 1 heterocycles. The van der Waals surface area contributed by atoms with Crippen molar-refractivity contribution >= 4 is 11.9 Å². The van der Waals surface area contributed by atoms with Crippen LogP contribution in [0.3, 0.4) is 0 Å². The number of rotatable bonds is 3. The van der Waals surface area contributed by atoms with E-state index in [9.17, 15) is 14.7 Å². The number of aliphatic carboxylic acids is 1. The molecule has 2 fully saturated rings. The lowest BCUT2D eigenvalue weighted by Crippen LogP contribution is -2.57. The summed E-state index contributed by atoms with van der Waals surface area (Å²) in [5, 5.41) is 12.2. The minimum atomic E-state index is -1.02. The lowest BCUT2D eigenvalue weighted by molar-refractivity contribution is -0.150. The van der Waals surface area contributed by atoms with Crippen molar-refractivity contribution in [1.82, 2.24) is 5.32 Å². The minimum Gasteiger partial charge on any atom is -0.480 e. The van der Waals surface area contributed by atoms with Crippen molar-refractivity contribution in [3.8, 4) is 0 Å². The van der Waals surface area contributed by atoms with Crippen molar-refractivity contribution < 1.29 is 19.4 Å². The molecule has 0 unspecified atom stereocenters. The van der Waals surface area contributed by atoms with Gasteiger partial charge in [0, 0.05) is 19.1 Å². The monoisotopic (exact) mass is 255 g/mol. The Bertz CT molecular complexity index is 317. The fourth-order valence-corrected chi connectivity index (χ4v) is 2.85. The number of nitrogens with one attached hydrogen (secondary N) is 1. The quantitative estimate of drug-likeness (QED) is 0.797. The zero-order valence-electron chi connectivity index (χ0n) is 10.6. The molecule has 0 aromatic rings. The molecule has 0 bridgehead atoms. The van der Waals surface area contributed by atoms with Crippen molar-refractivity contribution in [3.63, 3.8) is 0 Å². The first-order chi connectivity index (χ1) is 8.64. The molecule has 1 aliphatic heterocycles. The molecule has 5 heteroatoms. The maximum absolute atomic E-state index is 12.1. The summed E-state index contributed by atoms with van der Waals surface area (Å²) in [5.41, 5.74) is -1.02. The van der Waals surface area contributed by atoms with Crippen LogP contribution < -0.4 is 5.32 Å². The first-order valence-electron chi connectivity index (χ1n) is 6.77. The summed E-state index contributed by atoms with van der Waals surface area (Å²) in [6, 6.07) is 0. The Morgan fingerprint density at radius 2 is 1.72 bits per heavy atom. The molecule has 0 aromatic carbocycles. The molecule has 102 valence electrons. The van der Waals surface area contributed by atoms with E-state index in [4.69, 9.17) is 4.74 Å². The molecule has 1 saturated carbocycles. The van der Waals surface area contributed by atoms with Gasteiger partial charge in [-0.25, -0.2) is 4.79 Å². The summed E-state index contributed by atoms with van der Waals surface area (Å²) >= 11 is 0. The van der Waals surface area contributed by atoms with Gasteiger partial charge in [0.25, 0.3) is 0 Å². The molecule has 2 rings (SSSR count). The summed E-state index contributed by atoms with van der Waals surface area (Å²) in [4.78, 5) is 23.6. The second kappa shape index (κ2) is 5.69. The van der Waals surface area contributed by atoms with E-state index in [0.717, 1.165) is 19.3 Å². The molecular formula is C13H21NO4. The van der Waals surface area contributed by atoms with Gasteiger partial charge in [0.2, 0.25) is 5.91 Å². The topological polar surface area (TPSA) is 75.6 Å². The van der Waals surface area contributed by atoms with Crippen LogP contribution in [0.2, 0.25) is 0 Å². The number of carboxylic acid groups (broad SMARTS) is 1. The molecule has 1 amide bonds. The molecule has 5 nitrogen and oxygen atoms in total. The van der Waals surface area contributed by atoms with Gasteiger partial charge < -0.3 is 15.2 Å². The third kappa shape index (κ3) is 2.83. The van der Waals surface area contributed by atoms with E-state index in [0.29, 0.717) is 38.9 Å². The highest BCUT2D eigenvalue weighted by atomic mass is 16.5. The SMILES string of the molecule is O=C(NC1(C(=O)O)CCCCC1)C1CCOCC1. The highest BCUT2D eigenvalue weighted by molar-refractivity contribution is 5.88. The van der Waals surface area contributed by atoms with Crippen molar-refractivity contribution in [3.05, 3.63) is 0 Å². The number of hydrogen-bond acceptors (Lipinski definition) is 3. The Balaban J connectivity index is 1.99. The number of carbonyl (C=O) groups excluding carboxylic acids is 1. The first kappa shape index (κ1) is 13.3. The Hall–Kier alpha value is -1.10. The molecule has 0 aromatic heterocycles. The van der Waals surface area contributed by atoms with Crippen LogP contribution in [0.25, 0.3) is 0 Å². The van der Waals surface area contributed by atoms with E-state index in [1.165, 1.54) is 0 Å². The molecule has 0 atom stereocenters. The van der Waals surface area contributed by atoms with Crippen molar-refractivity contribution in [2.24, 2.45) is 5.92 Å². The molecule has 1 aliphatic carbocycles. The highest BCUT2D eigenvalue weighted by Crippen LogP contribution is 2.29. The van der Waals surface area contributed by atoms with E-state index in [-0.39, 0.29) is 11.8 Å². The predicted octanol–water partition coefficient (Wildman–Crippen LogP) is 1.32. The smallest absolute Gasteiger partial charge is 0.329 e. The summed E-state index contributed by atoms with van der Waals surface area (Å²) < 4.78 is 5.22. The van der Waals surface area contributed by atoms with Crippen molar-refractivity contribution in [2.75, 3.05) is 13.2 Å². The van der Waals surface area contributed by atoms with Crippen LogP contribution in [-0.2, 0) is 14.3 Å². The van der Waals surface area contributed by atoms with Crippen LogP contribution in [0.4, 0.5) is 0 Å². The van der Waals surface area contributed by atoms with Gasteiger partial charge in [-0.05, 0) is 25.7 Å². The zero-order chi connectivity index (χ0) is 13.0. The largest absolute Gasteiger partial charge is 0.480 e. The molecule has 0 radical (unpaired) electrons. The normalized spacial score (nSPS) is 24.4. The lowest BCUT2D eigenvalue weighted by atomic mass is 9.81. The second-order valence-corrected chi connectivity index (χ2v) is 5.32. The maximum Gasteiger partial charge on any atom is 0.329 e. The van der Waals surface area contributed by atoms with Gasteiger partial charge in [-0.2, -0.15) is 0 Å². The molecule has 0 spiro atoms. The average Bonchev–Trinajstić information content (AvgIpc) is 2.40. The summed E-state index contributed by atoms with van der Waals surface area (Å²) in [6.07, 6.45) is 5.31. The summed E-state index contributed by atoms with van der Waals surface area (Å²) in [5.74, 6) is -1.08. The number of carbonyl (C=O) groups is 2. The van der Waals surface area contributed by atoms with Crippen LogP contribution in [0.15, 0.2) is 0 Å². The second-order valence-electron chi connectivity index (χ2n) is 5.32. The lowest BCUT2D eigenvalue weighted by Gasteiger charge is -2.35. The predicted molar refractivity (Wildman–Crippen MR) is 65.1 cm³/mol. The van der Waals surface area contributed by atoms with Crippen LogP contribution >= 0.6 is 0 Å². The number of ether oxygens (including phenoxy) is 1. The summed E-state index contributed by atoms with van der Waals surface area (Å²) in [7, 11) is 0. The van der Waals surface area contributed by atoms with Gasteiger partial charge in [0.05, 0.1) is 0 Å². The van der Waals surface area contributed by atoms with Gasteiger partial charge in [-0.15, -0.1) is 0 Å². The van der Waals surface area contributed by atoms with E-state index < -0.39 is 11.5 Å². The Morgan fingerprint density at radius 1 is 1.11 bits per heavy atom. The van der Waals surface area contributed by atoms with Gasteiger partial charge in [-0.3, -0.25) is 4.79 Å². The summed E-state index contributed by atoms with van der Waals surface area (Å²) in [6.45, 7) is 1.19. The van der Waals surface area contributed by atoms with E-state index in [2.05, 4.69) is 5.32 Å². The third-order valence-electron chi connectivity index (χ3n) is 4.07. The van der Waals surface area contributed by atoms with E-state index >= 15 is 0 Å². The van der Waals surface area contributed by atoms with Crippen molar-refractivity contribution in [2.45, 2.75) is 50.5 Å². The van der Waals surface area contributed by atoms with Gasteiger partial charge in [0.15, 0.2) is 0 Å². The fourth-order valence-electron chi connectivity index (χ4n) is 2.85. The van der Waals surface area contributed by atoms with Crippen LogP contribution in [0, 0.1) is 5.92 Å². The van der Waals surface area contributed by atoms with Gasteiger partial charge >= 0.3 is 5.97 Å². The fraction of sp³-hybridized carbons (Fsp3) is 0.846. The molecule has 2 N–H and O–H groups in total. The van der Waals surface area contributed by atoms with E-state index in [1.54, 1.807) is 0 Å². The standard InChI is InChI=1S/C13H21NO4/c15-11(10-4-8-18-9-5-10)14-13(12(16)17)6-2-1-3-7-13/h10H,1-9H2,(H,14,15)(H,16,17). The number of amides is 1. The Labute approximate surface area is 107 Å². The van der Waals surface area contributed by atoms with Crippen LogP contribution in [0.1, 0.15) is 44.9 Å². The highest BCUT2D eigenvalue weighted by Gasteiger charge is 2.42. The van der Waals surface area contributed by atoms with Crippen molar-refractivity contribution in [1.29, 1.82) is 0 Å². The molecule has 18 heavy (non-hydrogen) atoms. The molecular weight excluding hydrogens is 234 g/mol. The number of hydrogen-bond donors (Lipinski definition) is 2. The number of carboxylic acids is 1. The zero-order valence-corrected chi connectivity index (χ0v) is 10.6. The Morgan fingerprint density at radius 3 is 2.28 bits per heavy atom. The average molecular weight is 255 g/mol. The van der Waals surface area contributed by atoms with Crippen LogP contribution in [-0.4, -0.2) is 35.7 Å². The van der Waals surface area contributed by atoms with E-state index in [1.807, 2.05) is 0 Å². The van der Waals surface area contributed by atoms with Gasteiger partial charge in [-0.1, -0.05) is 19.3 Å². The van der Waals surface area contributed by atoms with Gasteiger partial charge in [0.1, 0.15) is 5.54 Å². The van der Waals surface area contributed by atoms with Crippen LogP contribution in [0.5, 0.6) is 0 Å². The minimum absolute atomic E-state index is 0.0862. The molecule has 1 saturated heterocycles. The third-order valence-corrected chi connectivity index (χ3v) is 4.07. The first-order valence-corrected chi connectivity index (χ1v) is 6.77. The molecule has 2 aliphatic rings. The Kier molecular flexibility index (Phi) is 4.22. The maximum atomic E-state index is 12.1.